The largest absolute Gasteiger partial charge is 0.380 e. The van der Waals surface area contributed by atoms with Gasteiger partial charge >= 0.3 is 0 Å². The molecule has 0 spiro atoms. The molecule has 2 aromatic carbocycles. The van der Waals surface area contributed by atoms with Gasteiger partial charge in [0.25, 0.3) is 0 Å². The number of sulfonamides is 1. The molecule has 20 heavy (non-hydrogen) atoms. The molecular formula is C13H12BrClN2O2S. The molecule has 0 bridgehead atoms. The van der Waals surface area contributed by atoms with Crippen LogP contribution in [0.15, 0.2) is 51.8 Å². The molecule has 0 radical (unpaired) electrons. The van der Waals surface area contributed by atoms with Crippen LogP contribution in [-0.4, -0.2) is 8.42 Å². The van der Waals surface area contributed by atoms with Crippen molar-refractivity contribution < 1.29 is 8.42 Å². The molecule has 4 nitrogen and oxygen atoms in total. The van der Waals surface area contributed by atoms with Crippen LogP contribution >= 0.6 is 27.5 Å². The molecule has 0 aromatic heterocycles. The van der Waals surface area contributed by atoms with E-state index >= 15 is 0 Å². The summed E-state index contributed by atoms with van der Waals surface area (Å²) in [5, 5.41) is 8.64. The maximum absolute atomic E-state index is 11.3. The minimum atomic E-state index is -3.74. The van der Waals surface area contributed by atoms with E-state index in [9.17, 15) is 8.42 Å². The van der Waals surface area contributed by atoms with Crippen molar-refractivity contribution in [2.24, 2.45) is 5.14 Å². The Hall–Kier alpha value is -1.08. The molecule has 2 rings (SSSR count). The smallest absolute Gasteiger partial charge is 0.238 e. The van der Waals surface area contributed by atoms with E-state index in [-0.39, 0.29) is 4.90 Å². The summed E-state index contributed by atoms with van der Waals surface area (Å²) < 4.78 is 23.6. The number of benzene rings is 2. The predicted octanol–water partition coefficient (Wildman–Crippen LogP) is 3.36. The average Bonchev–Trinajstić information content (AvgIpc) is 2.38. The maximum Gasteiger partial charge on any atom is 0.238 e. The van der Waals surface area contributed by atoms with Gasteiger partial charge in [-0.05, 0) is 29.8 Å². The van der Waals surface area contributed by atoms with Gasteiger partial charge in [-0.15, -0.1) is 0 Å². The number of anilines is 1. The third-order valence-electron chi connectivity index (χ3n) is 2.69. The Kier molecular flexibility index (Phi) is 4.70. The number of primary sulfonamides is 1. The molecule has 3 N–H and O–H groups in total. The highest BCUT2D eigenvalue weighted by Gasteiger charge is 2.10. The lowest BCUT2D eigenvalue weighted by Crippen LogP contribution is -2.12. The molecular weight excluding hydrogens is 364 g/mol. The molecule has 0 unspecified atom stereocenters. The van der Waals surface area contributed by atoms with E-state index in [2.05, 4.69) is 21.2 Å². The number of nitrogens with one attached hydrogen (secondary N) is 1. The van der Waals surface area contributed by atoms with E-state index in [4.69, 9.17) is 16.7 Å². The Labute approximate surface area is 131 Å². The van der Waals surface area contributed by atoms with Gasteiger partial charge in [-0.3, -0.25) is 0 Å². The van der Waals surface area contributed by atoms with Gasteiger partial charge in [0.2, 0.25) is 10.0 Å². The summed E-state index contributed by atoms with van der Waals surface area (Å²) in [5.41, 5.74) is 1.55. The number of hydrogen-bond acceptors (Lipinski definition) is 3. The van der Waals surface area contributed by atoms with E-state index < -0.39 is 10.0 Å². The fourth-order valence-electron chi connectivity index (χ4n) is 1.65. The summed E-state index contributed by atoms with van der Waals surface area (Å²) in [7, 11) is -3.74. The Balaban J connectivity index is 2.24. The lowest BCUT2D eigenvalue weighted by molar-refractivity contribution is 0.598. The highest BCUT2D eigenvalue weighted by atomic mass is 79.9. The molecule has 106 valence electrons. The van der Waals surface area contributed by atoms with Crippen LogP contribution in [0, 0.1) is 0 Å². The first-order valence-corrected chi connectivity index (χ1v) is 8.39. The number of nitrogens with two attached hydrogens (primary N) is 1. The zero-order valence-electron chi connectivity index (χ0n) is 10.3. The van der Waals surface area contributed by atoms with Crippen LogP contribution in [-0.2, 0) is 16.6 Å². The third-order valence-corrected chi connectivity index (χ3v) is 4.71. The van der Waals surface area contributed by atoms with Crippen LogP contribution in [0.25, 0.3) is 0 Å². The molecule has 0 amide bonds. The second-order valence-corrected chi connectivity index (χ2v) is 6.95. The van der Waals surface area contributed by atoms with Crippen molar-refractivity contribution in [2.75, 3.05) is 5.32 Å². The summed E-state index contributed by atoms with van der Waals surface area (Å²) >= 11 is 9.49. The normalized spacial score (nSPS) is 11.3. The first-order valence-electron chi connectivity index (χ1n) is 5.67. The first-order chi connectivity index (χ1) is 9.38. The van der Waals surface area contributed by atoms with Gasteiger partial charge in [0.1, 0.15) is 0 Å². The first kappa shape index (κ1) is 15.3. The fourth-order valence-corrected chi connectivity index (χ4v) is 2.80. The standard InChI is InChI=1S/C13H12BrClN2O2S/c14-11-4-2-1-3-9(11)8-17-13-7-10(20(16,18)19)5-6-12(13)15/h1-7,17H,8H2,(H2,16,18,19). The summed E-state index contributed by atoms with van der Waals surface area (Å²) in [5.74, 6) is 0. The van der Waals surface area contributed by atoms with E-state index in [1.807, 2.05) is 24.3 Å². The zero-order chi connectivity index (χ0) is 14.8. The monoisotopic (exact) mass is 374 g/mol. The molecule has 7 heteroatoms. The van der Waals surface area contributed by atoms with Crippen molar-refractivity contribution in [1.29, 1.82) is 0 Å². The van der Waals surface area contributed by atoms with Crippen LogP contribution in [0.4, 0.5) is 5.69 Å². The van der Waals surface area contributed by atoms with Crippen molar-refractivity contribution in [3.63, 3.8) is 0 Å². The van der Waals surface area contributed by atoms with Crippen LogP contribution in [0.1, 0.15) is 5.56 Å². The van der Waals surface area contributed by atoms with Gasteiger partial charge < -0.3 is 5.32 Å². The second-order valence-electron chi connectivity index (χ2n) is 4.13. The predicted molar refractivity (Wildman–Crippen MR) is 84.3 cm³/mol. The number of rotatable bonds is 4. The molecule has 0 saturated heterocycles. The Bertz CT molecular complexity index is 735. The lowest BCUT2D eigenvalue weighted by Gasteiger charge is -2.11. The Morgan fingerprint density at radius 3 is 2.55 bits per heavy atom. The molecule has 0 fully saturated rings. The SMILES string of the molecule is NS(=O)(=O)c1ccc(Cl)c(NCc2ccccc2Br)c1. The van der Waals surface area contributed by atoms with E-state index in [0.717, 1.165) is 10.0 Å². The molecule has 0 aliphatic rings. The third kappa shape index (κ3) is 3.73. The van der Waals surface area contributed by atoms with Crippen molar-refractivity contribution in [3.8, 4) is 0 Å². The van der Waals surface area contributed by atoms with Crippen molar-refractivity contribution >= 4 is 43.2 Å². The minimum absolute atomic E-state index is 0.0246. The summed E-state index contributed by atoms with van der Waals surface area (Å²) in [6.07, 6.45) is 0. The quantitative estimate of drug-likeness (QED) is 0.860. The molecule has 0 aliphatic heterocycles. The van der Waals surface area contributed by atoms with Crippen molar-refractivity contribution in [3.05, 3.63) is 57.5 Å². The fraction of sp³-hybridized carbons (Fsp3) is 0.0769. The minimum Gasteiger partial charge on any atom is -0.380 e. The second kappa shape index (κ2) is 6.13. The molecule has 0 aliphatic carbocycles. The number of hydrogen-bond donors (Lipinski definition) is 2. The molecule has 2 aromatic rings. The molecule has 0 saturated carbocycles. The van der Waals surface area contributed by atoms with E-state index in [1.165, 1.54) is 18.2 Å². The van der Waals surface area contributed by atoms with Gasteiger partial charge in [-0.1, -0.05) is 45.7 Å². The van der Waals surface area contributed by atoms with Gasteiger partial charge in [0.05, 0.1) is 15.6 Å². The topological polar surface area (TPSA) is 72.2 Å². The lowest BCUT2D eigenvalue weighted by atomic mass is 10.2. The van der Waals surface area contributed by atoms with Gasteiger partial charge in [0, 0.05) is 11.0 Å². The summed E-state index contributed by atoms with van der Waals surface area (Å²) in [4.78, 5) is 0.0246. The van der Waals surface area contributed by atoms with Crippen molar-refractivity contribution in [1.82, 2.24) is 0 Å². The maximum atomic E-state index is 11.3. The highest BCUT2D eigenvalue weighted by Crippen LogP contribution is 2.26. The van der Waals surface area contributed by atoms with Gasteiger partial charge in [-0.2, -0.15) is 0 Å². The van der Waals surface area contributed by atoms with E-state index in [1.54, 1.807) is 0 Å². The van der Waals surface area contributed by atoms with Crippen LogP contribution in [0.2, 0.25) is 5.02 Å². The number of halogens is 2. The average molecular weight is 376 g/mol. The van der Waals surface area contributed by atoms with Gasteiger partial charge in [-0.25, -0.2) is 13.6 Å². The highest BCUT2D eigenvalue weighted by molar-refractivity contribution is 9.10. The van der Waals surface area contributed by atoms with Crippen LogP contribution < -0.4 is 10.5 Å². The van der Waals surface area contributed by atoms with Crippen LogP contribution in [0.5, 0.6) is 0 Å². The Morgan fingerprint density at radius 1 is 1.20 bits per heavy atom. The van der Waals surface area contributed by atoms with E-state index in [0.29, 0.717) is 17.3 Å². The van der Waals surface area contributed by atoms with Gasteiger partial charge in [0.15, 0.2) is 0 Å². The summed E-state index contributed by atoms with van der Waals surface area (Å²) in [6, 6.07) is 12.0. The molecule has 0 heterocycles. The van der Waals surface area contributed by atoms with Crippen molar-refractivity contribution in [2.45, 2.75) is 11.4 Å². The molecule has 0 atom stereocenters. The van der Waals surface area contributed by atoms with Crippen LogP contribution in [0.3, 0.4) is 0 Å². The Morgan fingerprint density at radius 2 is 1.90 bits per heavy atom. The summed E-state index contributed by atoms with van der Waals surface area (Å²) in [6.45, 7) is 0.509. The zero-order valence-corrected chi connectivity index (χ0v) is 13.5.